The van der Waals surface area contributed by atoms with Crippen molar-refractivity contribution in [2.75, 3.05) is 23.7 Å². The van der Waals surface area contributed by atoms with Gasteiger partial charge in [0.15, 0.2) is 0 Å². The van der Waals surface area contributed by atoms with Gasteiger partial charge < -0.3 is 15.7 Å². The second-order valence-corrected chi connectivity index (χ2v) is 5.25. The maximum Gasteiger partial charge on any atom is 0.241 e. The average Bonchev–Trinajstić information content (AvgIpc) is 2.91. The molecule has 8 heteroatoms. The number of hydrogen-bond acceptors (Lipinski definition) is 7. The molecular weight excluding hydrogens is 258 g/mol. The maximum absolute atomic E-state index is 9.98. The Hall–Kier alpha value is -2.22. The van der Waals surface area contributed by atoms with Crippen LogP contribution < -0.4 is 10.6 Å². The smallest absolute Gasteiger partial charge is 0.241 e. The van der Waals surface area contributed by atoms with E-state index in [1.165, 1.54) is 0 Å². The molecule has 20 heavy (non-hydrogen) atoms. The Kier molecular flexibility index (Phi) is 3.01. The number of aromatic nitrogens is 5. The van der Waals surface area contributed by atoms with Gasteiger partial charge in [0, 0.05) is 25.5 Å². The van der Waals surface area contributed by atoms with E-state index in [2.05, 4.69) is 19.9 Å². The largest absolute Gasteiger partial charge is 0.390 e. The normalized spacial score (nSPS) is 18.2. The van der Waals surface area contributed by atoms with Gasteiger partial charge in [0.1, 0.15) is 6.33 Å². The molecule has 2 aromatic rings. The van der Waals surface area contributed by atoms with Crippen LogP contribution in [0.25, 0.3) is 5.95 Å². The highest BCUT2D eigenvalue weighted by Gasteiger charge is 2.28. The Morgan fingerprint density at radius 3 is 2.55 bits per heavy atom. The fourth-order valence-electron chi connectivity index (χ4n) is 2.19. The van der Waals surface area contributed by atoms with Gasteiger partial charge in [-0.25, -0.2) is 4.98 Å². The number of rotatable bonds is 2. The van der Waals surface area contributed by atoms with Crippen LogP contribution in [0.2, 0.25) is 0 Å². The number of aliphatic hydroxyl groups is 1. The van der Waals surface area contributed by atoms with E-state index < -0.39 is 5.60 Å². The summed E-state index contributed by atoms with van der Waals surface area (Å²) >= 11 is 0. The lowest BCUT2D eigenvalue weighted by Gasteiger charge is -2.35. The number of anilines is 2. The molecule has 2 aromatic heterocycles. The zero-order chi connectivity index (χ0) is 14.2. The van der Waals surface area contributed by atoms with Crippen molar-refractivity contribution < 1.29 is 5.11 Å². The summed E-state index contributed by atoms with van der Waals surface area (Å²) in [6, 6.07) is 0. The van der Waals surface area contributed by atoms with Gasteiger partial charge in [0.05, 0.1) is 5.60 Å². The van der Waals surface area contributed by atoms with Gasteiger partial charge in [-0.2, -0.15) is 15.0 Å². The minimum atomic E-state index is -0.609. The molecule has 0 atom stereocenters. The van der Waals surface area contributed by atoms with Crippen LogP contribution in [0.3, 0.4) is 0 Å². The highest BCUT2D eigenvalue weighted by Crippen LogP contribution is 2.24. The van der Waals surface area contributed by atoms with Crippen LogP contribution in [0.15, 0.2) is 18.7 Å². The zero-order valence-electron chi connectivity index (χ0n) is 11.3. The molecule has 1 saturated heterocycles. The molecule has 0 aromatic carbocycles. The predicted molar refractivity (Wildman–Crippen MR) is 73.4 cm³/mol. The summed E-state index contributed by atoms with van der Waals surface area (Å²) in [6.07, 6.45) is 6.37. The number of imidazole rings is 1. The molecule has 1 aliphatic rings. The number of nitrogens with zero attached hydrogens (tertiary/aromatic N) is 6. The first-order valence-corrected chi connectivity index (χ1v) is 6.51. The number of hydrogen-bond donors (Lipinski definition) is 2. The molecule has 106 valence electrons. The van der Waals surface area contributed by atoms with Gasteiger partial charge in [0.25, 0.3) is 0 Å². The predicted octanol–water partition coefficient (Wildman–Crippen LogP) is -0.00930. The van der Waals surface area contributed by atoms with Gasteiger partial charge in [0.2, 0.25) is 17.8 Å². The van der Waals surface area contributed by atoms with Crippen molar-refractivity contribution in [3.63, 3.8) is 0 Å². The monoisotopic (exact) mass is 275 g/mol. The van der Waals surface area contributed by atoms with Crippen LogP contribution in [-0.2, 0) is 0 Å². The summed E-state index contributed by atoms with van der Waals surface area (Å²) in [6.45, 7) is 3.24. The fraction of sp³-hybridized carbons (Fsp3) is 0.500. The lowest BCUT2D eigenvalue weighted by Crippen LogP contribution is -2.43. The maximum atomic E-state index is 9.98. The van der Waals surface area contributed by atoms with E-state index in [-0.39, 0.29) is 5.95 Å². The van der Waals surface area contributed by atoms with Gasteiger partial charge in [-0.1, -0.05) is 0 Å². The molecule has 0 spiro atoms. The van der Waals surface area contributed by atoms with E-state index in [4.69, 9.17) is 5.73 Å². The van der Waals surface area contributed by atoms with E-state index in [0.29, 0.717) is 37.8 Å². The molecule has 3 N–H and O–H groups in total. The third kappa shape index (κ3) is 2.55. The molecule has 8 nitrogen and oxygen atoms in total. The second kappa shape index (κ2) is 4.71. The van der Waals surface area contributed by atoms with Crippen molar-refractivity contribution in [3.8, 4) is 5.95 Å². The van der Waals surface area contributed by atoms with Gasteiger partial charge in [-0.3, -0.25) is 4.57 Å². The first-order chi connectivity index (χ1) is 9.53. The number of nitrogens with two attached hydrogens (primary N) is 1. The van der Waals surface area contributed by atoms with Crippen LogP contribution in [0.1, 0.15) is 19.8 Å². The van der Waals surface area contributed by atoms with Crippen molar-refractivity contribution in [1.29, 1.82) is 0 Å². The highest BCUT2D eigenvalue weighted by atomic mass is 16.3. The summed E-state index contributed by atoms with van der Waals surface area (Å²) in [5.74, 6) is 1.16. The van der Waals surface area contributed by atoms with Crippen LogP contribution in [-0.4, -0.2) is 48.3 Å². The lowest BCUT2D eigenvalue weighted by molar-refractivity contribution is 0.0349. The SMILES string of the molecule is CC1(O)CCN(c2nc(N)nc(-n3ccnc3)n2)CC1. The Morgan fingerprint density at radius 1 is 1.20 bits per heavy atom. The van der Waals surface area contributed by atoms with Crippen LogP contribution >= 0.6 is 0 Å². The Bertz CT molecular complexity index is 586. The average molecular weight is 275 g/mol. The van der Waals surface area contributed by atoms with Crippen LogP contribution in [0, 0.1) is 0 Å². The fourth-order valence-corrected chi connectivity index (χ4v) is 2.19. The van der Waals surface area contributed by atoms with Crippen molar-refractivity contribution in [1.82, 2.24) is 24.5 Å². The molecule has 1 fully saturated rings. The first-order valence-electron chi connectivity index (χ1n) is 6.51. The van der Waals surface area contributed by atoms with Gasteiger partial charge in [-0.15, -0.1) is 0 Å². The number of nitrogen functional groups attached to an aromatic ring is 1. The molecule has 3 heterocycles. The lowest BCUT2D eigenvalue weighted by atomic mass is 9.94. The third-order valence-corrected chi connectivity index (χ3v) is 3.49. The molecule has 0 radical (unpaired) electrons. The third-order valence-electron chi connectivity index (χ3n) is 3.49. The summed E-state index contributed by atoms with van der Waals surface area (Å²) < 4.78 is 1.68. The van der Waals surface area contributed by atoms with E-state index in [1.54, 1.807) is 23.3 Å². The Morgan fingerprint density at radius 2 is 1.90 bits per heavy atom. The van der Waals surface area contributed by atoms with Crippen molar-refractivity contribution in [2.24, 2.45) is 0 Å². The van der Waals surface area contributed by atoms with Crippen molar-refractivity contribution in [2.45, 2.75) is 25.4 Å². The topological polar surface area (TPSA) is 106 Å². The standard InChI is InChI=1S/C12H17N7O/c1-12(20)2-5-18(6-3-12)10-15-9(13)16-11(17-10)19-7-4-14-8-19/h4,7-8,20H,2-3,5-6H2,1H3,(H2,13,15,16,17). The van der Waals surface area contributed by atoms with E-state index >= 15 is 0 Å². The van der Waals surface area contributed by atoms with E-state index in [0.717, 1.165) is 0 Å². The summed E-state index contributed by atoms with van der Waals surface area (Å²) in [5.41, 5.74) is 5.14. The Labute approximate surface area is 116 Å². The quantitative estimate of drug-likeness (QED) is 0.794. The first kappa shape index (κ1) is 12.8. The van der Waals surface area contributed by atoms with E-state index in [9.17, 15) is 5.11 Å². The molecule has 0 amide bonds. The molecule has 0 saturated carbocycles. The van der Waals surface area contributed by atoms with Crippen molar-refractivity contribution >= 4 is 11.9 Å². The summed E-state index contributed by atoms with van der Waals surface area (Å²) in [4.78, 5) is 18.7. The summed E-state index contributed by atoms with van der Waals surface area (Å²) in [5, 5.41) is 9.98. The molecule has 0 aliphatic carbocycles. The zero-order valence-corrected chi connectivity index (χ0v) is 11.3. The molecular formula is C12H17N7O. The van der Waals surface area contributed by atoms with Gasteiger partial charge in [-0.05, 0) is 19.8 Å². The van der Waals surface area contributed by atoms with Crippen LogP contribution in [0.4, 0.5) is 11.9 Å². The van der Waals surface area contributed by atoms with Gasteiger partial charge >= 0.3 is 0 Å². The van der Waals surface area contributed by atoms with E-state index in [1.807, 2.05) is 11.8 Å². The summed E-state index contributed by atoms with van der Waals surface area (Å²) in [7, 11) is 0. The minimum absolute atomic E-state index is 0.177. The van der Waals surface area contributed by atoms with Crippen LogP contribution in [0.5, 0.6) is 0 Å². The Balaban J connectivity index is 1.87. The molecule has 0 unspecified atom stereocenters. The molecule has 3 rings (SSSR count). The number of piperidine rings is 1. The highest BCUT2D eigenvalue weighted by molar-refractivity contribution is 5.38. The minimum Gasteiger partial charge on any atom is -0.390 e. The van der Waals surface area contributed by atoms with Crippen molar-refractivity contribution in [3.05, 3.63) is 18.7 Å². The molecule has 1 aliphatic heterocycles. The second-order valence-electron chi connectivity index (χ2n) is 5.25. The molecule has 0 bridgehead atoms.